The minimum atomic E-state index is -0.930. The van der Waals surface area contributed by atoms with Gasteiger partial charge in [0.05, 0.1) is 18.3 Å². The van der Waals surface area contributed by atoms with E-state index >= 15 is 0 Å². The highest BCUT2D eigenvalue weighted by Crippen LogP contribution is 2.53. The number of ether oxygens (including phenoxy) is 2. The van der Waals surface area contributed by atoms with Crippen LogP contribution in [0.1, 0.15) is 84.9 Å². The van der Waals surface area contributed by atoms with E-state index < -0.39 is 5.97 Å². The molecular formula is C32H39NO5. The predicted molar refractivity (Wildman–Crippen MR) is 145 cm³/mol. The zero-order valence-corrected chi connectivity index (χ0v) is 22.0. The number of fused-ring (bicyclic) bond motifs is 2. The highest BCUT2D eigenvalue weighted by Gasteiger charge is 2.49. The molecule has 6 heteroatoms. The third-order valence-corrected chi connectivity index (χ3v) is 9.70. The lowest BCUT2D eigenvalue weighted by Gasteiger charge is -2.30. The summed E-state index contributed by atoms with van der Waals surface area (Å²) in [6.07, 6.45) is 12.2. The van der Waals surface area contributed by atoms with Crippen LogP contribution in [0.2, 0.25) is 0 Å². The molecule has 3 bridgehead atoms. The van der Waals surface area contributed by atoms with E-state index in [-0.39, 0.29) is 17.6 Å². The van der Waals surface area contributed by atoms with Crippen molar-refractivity contribution < 1.29 is 24.2 Å². The van der Waals surface area contributed by atoms with E-state index in [0.717, 1.165) is 48.8 Å². The molecule has 4 aliphatic carbocycles. The quantitative estimate of drug-likeness (QED) is 0.426. The van der Waals surface area contributed by atoms with Crippen molar-refractivity contribution in [1.29, 1.82) is 0 Å². The van der Waals surface area contributed by atoms with Gasteiger partial charge in [-0.25, -0.2) is 4.79 Å². The van der Waals surface area contributed by atoms with E-state index in [0.29, 0.717) is 36.2 Å². The van der Waals surface area contributed by atoms with E-state index in [2.05, 4.69) is 5.32 Å². The Bertz CT molecular complexity index is 1120. The van der Waals surface area contributed by atoms with Gasteiger partial charge in [0.25, 0.3) is 5.91 Å². The molecule has 0 aliphatic heterocycles. The fourth-order valence-electron chi connectivity index (χ4n) is 7.77. The summed E-state index contributed by atoms with van der Waals surface area (Å²) in [6, 6.07) is 14.6. The lowest BCUT2D eigenvalue weighted by Crippen LogP contribution is -2.42. The van der Waals surface area contributed by atoms with E-state index in [1.54, 1.807) is 24.3 Å². The molecule has 4 saturated carbocycles. The number of carboxylic acids is 1. The minimum Gasteiger partial charge on any atom is -0.493 e. The summed E-state index contributed by atoms with van der Waals surface area (Å²) in [7, 11) is 0. The van der Waals surface area contributed by atoms with Crippen molar-refractivity contribution in [3.05, 3.63) is 59.7 Å². The summed E-state index contributed by atoms with van der Waals surface area (Å²) >= 11 is 0. The minimum absolute atomic E-state index is 0.0642. The van der Waals surface area contributed by atoms with Crippen LogP contribution in [0.25, 0.3) is 0 Å². The monoisotopic (exact) mass is 517 g/mol. The average molecular weight is 518 g/mol. The molecule has 0 heterocycles. The first kappa shape index (κ1) is 25.3. The van der Waals surface area contributed by atoms with Crippen molar-refractivity contribution in [2.75, 3.05) is 6.61 Å². The van der Waals surface area contributed by atoms with Crippen LogP contribution in [0.3, 0.4) is 0 Å². The van der Waals surface area contributed by atoms with E-state index in [1.807, 2.05) is 24.3 Å². The Kier molecular flexibility index (Phi) is 7.31. The van der Waals surface area contributed by atoms with Gasteiger partial charge in [0.2, 0.25) is 0 Å². The molecule has 2 aromatic carbocycles. The number of carbonyl (C=O) groups is 2. The van der Waals surface area contributed by atoms with Crippen molar-refractivity contribution in [2.24, 2.45) is 29.6 Å². The summed E-state index contributed by atoms with van der Waals surface area (Å²) in [4.78, 5) is 24.1. The molecule has 2 aromatic rings. The number of nitrogens with one attached hydrogen (secondary N) is 1. The zero-order chi connectivity index (χ0) is 26.1. The van der Waals surface area contributed by atoms with Gasteiger partial charge in [-0.1, -0.05) is 12.8 Å². The molecule has 0 spiro atoms. The second-order valence-electron chi connectivity index (χ2n) is 12.1. The van der Waals surface area contributed by atoms with Gasteiger partial charge in [-0.3, -0.25) is 4.79 Å². The van der Waals surface area contributed by atoms with Gasteiger partial charge in [-0.05, 0) is 129 Å². The predicted octanol–water partition coefficient (Wildman–Crippen LogP) is 6.35. The lowest BCUT2D eigenvalue weighted by atomic mass is 9.79. The molecule has 6 rings (SSSR count). The maximum Gasteiger partial charge on any atom is 0.335 e. The first-order chi connectivity index (χ1) is 18.5. The fraction of sp³-hybridized carbons (Fsp3) is 0.562. The van der Waals surface area contributed by atoms with Crippen LogP contribution in [0, 0.1) is 29.6 Å². The van der Waals surface area contributed by atoms with E-state index in [1.165, 1.54) is 38.5 Å². The Morgan fingerprint density at radius 3 is 2.21 bits per heavy atom. The standard InChI is InChI=1S/C32H39NO5/c34-31(33-30-25-17-21-2-1-3-29(30)24(16-21)18-25)22-6-14-28(15-7-22)38-27-10-4-20(5-11-27)19-37-26-12-8-23(9-13-26)32(35)36/h6-9,12-15,20-21,24-25,27,29-30H,1-5,10-11,16-19H2,(H,33,34)(H,35,36). The number of benzene rings is 2. The van der Waals surface area contributed by atoms with Crippen LogP contribution in [-0.4, -0.2) is 35.7 Å². The highest BCUT2D eigenvalue weighted by molar-refractivity contribution is 5.94. The topological polar surface area (TPSA) is 84.9 Å². The van der Waals surface area contributed by atoms with Crippen molar-refractivity contribution >= 4 is 11.9 Å². The van der Waals surface area contributed by atoms with Gasteiger partial charge in [-0.15, -0.1) is 0 Å². The average Bonchev–Trinajstić information content (AvgIpc) is 3.06. The number of hydrogen-bond donors (Lipinski definition) is 2. The Morgan fingerprint density at radius 2 is 1.47 bits per heavy atom. The van der Waals surface area contributed by atoms with Crippen molar-refractivity contribution in [3.63, 3.8) is 0 Å². The molecule has 38 heavy (non-hydrogen) atoms. The van der Waals surface area contributed by atoms with Crippen LogP contribution in [0.4, 0.5) is 0 Å². The summed E-state index contributed by atoms with van der Waals surface area (Å²) in [5.41, 5.74) is 0.991. The Labute approximate surface area is 225 Å². The third kappa shape index (κ3) is 5.55. The molecule has 4 fully saturated rings. The lowest BCUT2D eigenvalue weighted by molar-refractivity contribution is 0.0696. The maximum absolute atomic E-state index is 13.1. The second-order valence-corrected chi connectivity index (χ2v) is 12.1. The molecule has 0 radical (unpaired) electrons. The number of amides is 1. The van der Waals surface area contributed by atoms with Crippen LogP contribution >= 0.6 is 0 Å². The summed E-state index contributed by atoms with van der Waals surface area (Å²) in [5, 5.41) is 12.5. The first-order valence-corrected chi connectivity index (χ1v) is 14.6. The molecule has 5 atom stereocenters. The second kappa shape index (κ2) is 11.0. The highest BCUT2D eigenvalue weighted by atomic mass is 16.5. The van der Waals surface area contributed by atoms with Crippen molar-refractivity contribution in [1.82, 2.24) is 5.32 Å². The molecule has 5 unspecified atom stereocenters. The molecule has 6 nitrogen and oxygen atoms in total. The summed E-state index contributed by atoms with van der Waals surface area (Å²) in [5.74, 6) is 4.20. The van der Waals surface area contributed by atoms with Gasteiger partial charge in [-0.2, -0.15) is 0 Å². The van der Waals surface area contributed by atoms with Crippen LogP contribution in [0.15, 0.2) is 48.5 Å². The molecule has 1 amide bonds. The van der Waals surface area contributed by atoms with Gasteiger partial charge < -0.3 is 19.9 Å². The van der Waals surface area contributed by atoms with Gasteiger partial charge in [0.15, 0.2) is 0 Å². The molecule has 4 aliphatic rings. The maximum atomic E-state index is 13.1. The normalized spacial score (nSPS) is 31.8. The number of carbonyl (C=O) groups excluding carboxylic acids is 1. The Balaban J connectivity index is 0.951. The molecule has 0 saturated heterocycles. The number of carboxylic acid groups (broad SMARTS) is 1. The third-order valence-electron chi connectivity index (χ3n) is 9.70. The summed E-state index contributed by atoms with van der Waals surface area (Å²) < 4.78 is 12.1. The smallest absolute Gasteiger partial charge is 0.335 e. The van der Waals surface area contributed by atoms with Crippen molar-refractivity contribution in [2.45, 2.75) is 76.4 Å². The Morgan fingerprint density at radius 1 is 0.789 bits per heavy atom. The SMILES string of the molecule is O=C(O)c1ccc(OCC2CCC(Oc3ccc(C(=O)NC4C5CC6CCCC4C(C6)C5)cc3)CC2)cc1. The molecule has 202 valence electrons. The van der Waals surface area contributed by atoms with E-state index in [4.69, 9.17) is 14.6 Å². The van der Waals surface area contributed by atoms with Crippen LogP contribution in [0.5, 0.6) is 11.5 Å². The first-order valence-electron chi connectivity index (χ1n) is 14.6. The van der Waals surface area contributed by atoms with Crippen LogP contribution in [-0.2, 0) is 0 Å². The molecular weight excluding hydrogens is 478 g/mol. The number of hydrogen-bond acceptors (Lipinski definition) is 4. The van der Waals surface area contributed by atoms with Gasteiger partial charge >= 0.3 is 5.97 Å². The number of aromatic carboxylic acids is 1. The van der Waals surface area contributed by atoms with E-state index in [9.17, 15) is 9.59 Å². The number of rotatable bonds is 8. The summed E-state index contributed by atoms with van der Waals surface area (Å²) in [6.45, 7) is 0.632. The molecule has 0 aromatic heterocycles. The van der Waals surface area contributed by atoms with Crippen molar-refractivity contribution in [3.8, 4) is 11.5 Å². The van der Waals surface area contributed by atoms with Gasteiger partial charge in [0.1, 0.15) is 11.5 Å². The fourth-order valence-corrected chi connectivity index (χ4v) is 7.77. The molecule has 2 N–H and O–H groups in total. The van der Waals surface area contributed by atoms with Gasteiger partial charge in [0, 0.05) is 11.6 Å². The largest absolute Gasteiger partial charge is 0.493 e. The zero-order valence-electron chi connectivity index (χ0n) is 22.0. The van der Waals surface area contributed by atoms with Crippen LogP contribution < -0.4 is 14.8 Å². The Hall–Kier alpha value is -3.02.